The van der Waals surface area contributed by atoms with Gasteiger partial charge in [-0.2, -0.15) is 0 Å². The standard InChI is InChI=1S/C18H18Br2N2OS/c19-12-4-13(20)15-14(5-12)24-17(21-15)22-16(23)18-6-9-1-10(7-18)3-11(2-9)8-18/h4-5,9-11H,1-3,6-8H2,(H,21,22,23). The van der Waals surface area contributed by atoms with E-state index < -0.39 is 0 Å². The molecule has 4 fully saturated rings. The molecule has 4 bridgehead atoms. The summed E-state index contributed by atoms with van der Waals surface area (Å²) in [6.07, 6.45) is 7.33. The van der Waals surface area contributed by atoms with Crippen molar-refractivity contribution in [3.05, 3.63) is 21.1 Å². The second kappa shape index (κ2) is 5.52. The molecule has 4 aliphatic carbocycles. The summed E-state index contributed by atoms with van der Waals surface area (Å²) < 4.78 is 3.06. The second-order valence-corrected chi connectivity index (χ2v) is 10.7. The van der Waals surface area contributed by atoms with Crippen LogP contribution in [0.25, 0.3) is 10.2 Å². The number of fused-ring (bicyclic) bond motifs is 1. The number of hydrogen-bond acceptors (Lipinski definition) is 3. The Bertz CT molecular complexity index is 812. The minimum Gasteiger partial charge on any atom is -0.301 e. The molecule has 0 radical (unpaired) electrons. The van der Waals surface area contributed by atoms with Crippen molar-refractivity contribution in [1.82, 2.24) is 4.98 Å². The SMILES string of the molecule is O=C(Nc1nc2c(Br)cc(Br)cc2s1)C12CC3CC(CC(C3)C1)C2. The van der Waals surface area contributed by atoms with Crippen LogP contribution in [0.1, 0.15) is 38.5 Å². The Hall–Kier alpha value is -0.460. The van der Waals surface area contributed by atoms with E-state index in [0.717, 1.165) is 61.3 Å². The van der Waals surface area contributed by atoms with Gasteiger partial charge < -0.3 is 5.32 Å². The van der Waals surface area contributed by atoms with Gasteiger partial charge >= 0.3 is 0 Å². The Labute approximate surface area is 161 Å². The molecule has 1 aromatic heterocycles. The molecule has 2 aromatic rings. The van der Waals surface area contributed by atoms with Gasteiger partial charge in [0.05, 0.1) is 15.6 Å². The largest absolute Gasteiger partial charge is 0.301 e. The van der Waals surface area contributed by atoms with Crippen LogP contribution < -0.4 is 5.32 Å². The average Bonchev–Trinajstić information content (AvgIpc) is 2.88. The molecule has 1 heterocycles. The fourth-order valence-electron chi connectivity index (χ4n) is 5.63. The molecule has 24 heavy (non-hydrogen) atoms. The Morgan fingerprint density at radius 3 is 2.38 bits per heavy atom. The van der Waals surface area contributed by atoms with E-state index in [1.807, 2.05) is 6.07 Å². The molecular weight excluding hydrogens is 452 g/mol. The van der Waals surface area contributed by atoms with E-state index in [1.54, 1.807) is 11.3 Å². The fourth-order valence-corrected chi connectivity index (χ4v) is 8.15. The Morgan fingerprint density at radius 1 is 1.12 bits per heavy atom. The molecular formula is C18H18Br2N2OS. The molecule has 126 valence electrons. The zero-order valence-corrected chi connectivity index (χ0v) is 17.1. The monoisotopic (exact) mass is 468 g/mol. The van der Waals surface area contributed by atoms with Gasteiger partial charge in [0.2, 0.25) is 5.91 Å². The number of benzene rings is 1. The molecule has 1 amide bonds. The lowest BCUT2D eigenvalue weighted by Gasteiger charge is -2.55. The van der Waals surface area contributed by atoms with E-state index in [2.05, 4.69) is 48.2 Å². The summed E-state index contributed by atoms with van der Waals surface area (Å²) in [5.74, 6) is 2.56. The van der Waals surface area contributed by atoms with Crippen LogP contribution in [0.2, 0.25) is 0 Å². The molecule has 1 aromatic carbocycles. The number of nitrogens with zero attached hydrogens (tertiary/aromatic N) is 1. The number of anilines is 1. The summed E-state index contributed by atoms with van der Waals surface area (Å²) in [5.41, 5.74) is 0.800. The minimum atomic E-state index is -0.121. The highest BCUT2D eigenvalue weighted by atomic mass is 79.9. The van der Waals surface area contributed by atoms with Crippen LogP contribution in [0.4, 0.5) is 5.13 Å². The Morgan fingerprint density at radius 2 is 1.75 bits per heavy atom. The van der Waals surface area contributed by atoms with E-state index in [4.69, 9.17) is 0 Å². The first-order chi connectivity index (χ1) is 11.5. The summed E-state index contributed by atoms with van der Waals surface area (Å²) in [5, 5.41) is 3.89. The van der Waals surface area contributed by atoms with E-state index in [0.29, 0.717) is 0 Å². The first-order valence-corrected chi connectivity index (χ1v) is 11.0. The van der Waals surface area contributed by atoms with E-state index >= 15 is 0 Å². The highest BCUT2D eigenvalue weighted by Gasteiger charge is 2.54. The quantitative estimate of drug-likeness (QED) is 0.587. The molecule has 6 heteroatoms. The number of thiazole rings is 1. The Kier molecular flexibility index (Phi) is 3.62. The van der Waals surface area contributed by atoms with Crippen LogP contribution in [0, 0.1) is 23.2 Å². The fraction of sp³-hybridized carbons (Fsp3) is 0.556. The van der Waals surface area contributed by atoms with Crippen LogP contribution in [0.5, 0.6) is 0 Å². The van der Waals surface area contributed by atoms with Gasteiger partial charge in [0.15, 0.2) is 5.13 Å². The summed E-state index contributed by atoms with van der Waals surface area (Å²) >= 11 is 8.63. The third-order valence-corrected chi connectivity index (χ3v) is 8.13. The van der Waals surface area contributed by atoms with Crippen molar-refractivity contribution in [3.8, 4) is 0 Å². The summed E-state index contributed by atoms with van der Waals surface area (Å²) in [4.78, 5) is 17.8. The van der Waals surface area contributed by atoms with Crippen molar-refractivity contribution in [2.75, 3.05) is 5.32 Å². The minimum absolute atomic E-state index is 0.121. The normalized spacial score (nSPS) is 34.0. The van der Waals surface area contributed by atoms with Crippen LogP contribution in [0.3, 0.4) is 0 Å². The third kappa shape index (κ3) is 2.48. The highest BCUT2D eigenvalue weighted by molar-refractivity contribution is 9.11. The van der Waals surface area contributed by atoms with Gasteiger partial charge in [-0.25, -0.2) is 4.98 Å². The molecule has 1 N–H and O–H groups in total. The number of aromatic nitrogens is 1. The molecule has 0 aliphatic heterocycles. The zero-order chi connectivity index (χ0) is 16.5. The maximum absolute atomic E-state index is 13.1. The number of hydrogen-bond donors (Lipinski definition) is 1. The zero-order valence-electron chi connectivity index (χ0n) is 13.1. The predicted molar refractivity (Wildman–Crippen MR) is 104 cm³/mol. The van der Waals surface area contributed by atoms with Gasteiger partial charge in [-0.15, -0.1) is 0 Å². The van der Waals surface area contributed by atoms with E-state index in [9.17, 15) is 4.79 Å². The maximum Gasteiger partial charge on any atom is 0.232 e. The number of carbonyl (C=O) groups is 1. The number of halogens is 2. The summed E-state index contributed by atoms with van der Waals surface area (Å²) in [6.45, 7) is 0. The number of amides is 1. The maximum atomic E-state index is 13.1. The van der Waals surface area contributed by atoms with Gasteiger partial charge in [0.25, 0.3) is 0 Å². The smallest absolute Gasteiger partial charge is 0.232 e. The highest BCUT2D eigenvalue weighted by Crippen LogP contribution is 2.60. The van der Waals surface area contributed by atoms with Gasteiger partial charge in [0, 0.05) is 8.95 Å². The van der Waals surface area contributed by atoms with E-state index in [-0.39, 0.29) is 11.3 Å². The van der Waals surface area contributed by atoms with Crippen LogP contribution in [-0.4, -0.2) is 10.9 Å². The first-order valence-electron chi connectivity index (χ1n) is 8.58. The van der Waals surface area contributed by atoms with Gasteiger partial charge in [0.1, 0.15) is 0 Å². The van der Waals surface area contributed by atoms with Crippen molar-refractivity contribution >= 4 is 64.5 Å². The number of nitrogens with one attached hydrogen (secondary N) is 1. The molecule has 0 spiro atoms. The third-order valence-electron chi connectivity index (χ3n) is 6.15. The molecule has 0 unspecified atom stereocenters. The van der Waals surface area contributed by atoms with Crippen molar-refractivity contribution < 1.29 is 4.79 Å². The van der Waals surface area contributed by atoms with Crippen LogP contribution in [0.15, 0.2) is 21.1 Å². The second-order valence-electron chi connectivity index (χ2n) is 7.91. The van der Waals surface area contributed by atoms with Crippen LogP contribution >= 0.6 is 43.2 Å². The molecule has 0 saturated heterocycles. The summed E-state index contributed by atoms with van der Waals surface area (Å²) in [7, 11) is 0. The molecule has 4 saturated carbocycles. The first kappa shape index (κ1) is 15.8. The van der Waals surface area contributed by atoms with Crippen molar-refractivity contribution in [2.24, 2.45) is 23.2 Å². The number of carbonyl (C=O) groups excluding carboxylic acids is 1. The topological polar surface area (TPSA) is 42.0 Å². The van der Waals surface area contributed by atoms with Crippen LogP contribution in [-0.2, 0) is 4.79 Å². The lowest BCUT2D eigenvalue weighted by Crippen LogP contribution is -2.51. The van der Waals surface area contributed by atoms with E-state index in [1.165, 1.54) is 19.3 Å². The van der Waals surface area contributed by atoms with Gasteiger partial charge in [-0.05, 0) is 84.3 Å². The Balaban J connectivity index is 1.44. The predicted octanol–water partition coefficient (Wildman–Crippen LogP) is 5.98. The lowest BCUT2D eigenvalue weighted by atomic mass is 9.49. The molecule has 3 nitrogen and oxygen atoms in total. The molecule has 0 atom stereocenters. The van der Waals surface area contributed by atoms with Crippen molar-refractivity contribution in [2.45, 2.75) is 38.5 Å². The average molecular weight is 470 g/mol. The van der Waals surface area contributed by atoms with Gasteiger partial charge in [-0.1, -0.05) is 27.3 Å². The van der Waals surface area contributed by atoms with Crippen molar-refractivity contribution in [1.29, 1.82) is 0 Å². The van der Waals surface area contributed by atoms with Gasteiger partial charge in [-0.3, -0.25) is 4.79 Å². The number of rotatable bonds is 2. The summed E-state index contributed by atoms with van der Waals surface area (Å²) in [6, 6.07) is 4.05. The molecule has 4 aliphatic rings. The lowest BCUT2D eigenvalue weighted by molar-refractivity contribution is -0.140. The molecule has 6 rings (SSSR count). The van der Waals surface area contributed by atoms with Crippen molar-refractivity contribution in [3.63, 3.8) is 0 Å².